The van der Waals surface area contributed by atoms with Crippen molar-refractivity contribution in [3.05, 3.63) is 83.6 Å². The number of nitrogens with one attached hydrogen (secondary N) is 4. The highest BCUT2D eigenvalue weighted by atomic mass is 32.2. The molecule has 1 aliphatic carbocycles. The Hall–Kier alpha value is -3.60. The van der Waals surface area contributed by atoms with E-state index in [1.165, 1.54) is 6.42 Å². The molecule has 3 aromatic rings. The normalized spacial score (nSPS) is 18.6. The Kier molecular flexibility index (Phi) is 8.37. The van der Waals surface area contributed by atoms with E-state index >= 15 is 0 Å². The van der Waals surface area contributed by atoms with Gasteiger partial charge in [0.05, 0.1) is 17.1 Å². The average Bonchev–Trinajstić information content (AvgIpc) is 3.12. The van der Waals surface area contributed by atoms with Crippen LogP contribution in [0.25, 0.3) is 0 Å². The van der Waals surface area contributed by atoms with Crippen molar-refractivity contribution in [2.45, 2.75) is 57.5 Å². The third-order valence-electron chi connectivity index (χ3n) is 8.66. The van der Waals surface area contributed by atoms with E-state index in [1.807, 2.05) is 60.7 Å². The molecule has 0 spiro atoms. The lowest BCUT2D eigenvalue weighted by molar-refractivity contribution is 0.200. The SMILES string of the molecule is N=C(c1ccc(CN2CCC(NS(=O)(=O)CC3CCCCC3)CC2)cc1)N1C(=N)c2ccccc2Nc2ncccc21.[HH].[HH]. The monoisotopic (exact) mass is 589 g/mol. The number of anilines is 3. The zero-order valence-electron chi connectivity index (χ0n) is 23.9. The van der Waals surface area contributed by atoms with Crippen molar-refractivity contribution in [1.82, 2.24) is 14.6 Å². The maximum atomic E-state index is 12.7. The van der Waals surface area contributed by atoms with Gasteiger partial charge in [0.25, 0.3) is 0 Å². The largest absolute Gasteiger partial charge is 0.338 e. The molecular weight excluding hydrogens is 546 g/mol. The summed E-state index contributed by atoms with van der Waals surface area (Å²) in [5.41, 5.74) is 4.00. The quantitative estimate of drug-likeness (QED) is 0.199. The van der Waals surface area contributed by atoms with Gasteiger partial charge in [-0.25, -0.2) is 18.1 Å². The summed E-state index contributed by atoms with van der Waals surface area (Å²) < 4.78 is 28.5. The number of fused-ring (bicyclic) bond motifs is 2. The first-order valence-corrected chi connectivity index (χ1v) is 16.6. The fourth-order valence-corrected chi connectivity index (χ4v) is 8.20. The second kappa shape index (κ2) is 12.3. The number of nitrogens with zero attached hydrogens (tertiary/aromatic N) is 3. The molecule has 42 heavy (non-hydrogen) atoms. The molecule has 2 fully saturated rings. The van der Waals surface area contributed by atoms with Gasteiger partial charge in [-0.05, 0) is 61.4 Å². The minimum Gasteiger partial charge on any atom is -0.338 e. The minimum absolute atomic E-state index is 0. The summed E-state index contributed by atoms with van der Waals surface area (Å²) in [6.07, 6.45) is 8.94. The topological polar surface area (TPSA) is 125 Å². The lowest BCUT2D eigenvalue weighted by atomic mass is 9.91. The van der Waals surface area contributed by atoms with Crippen LogP contribution < -0.4 is 14.9 Å². The van der Waals surface area contributed by atoms with Crippen LogP contribution in [0.2, 0.25) is 0 Å². The minimum atomic E-state index is -3.24. The standard InChI is InChI=1S/C32H39N7O2S.2H2/c33-30(39-29-11-6-18-35-32(29)36-28-10-5-4-9-27(28)31(39)34)25-14-12-23(13-15-25)21-38-19-16-26(17-20-38)37-42(40,41)22-24-7-2-1-3-8-24;;/h4-6,9-15,18,24,26,33-34,37H,1-3,7-8,16-17,19-22H2,(H,35,36);2*1H. The van der Waals surface area contributed by atoms with Gasteiger partial charge >= 0.3 is 0 Å². The molecule has 0 radical (unpaired) electrons. The summed E-state index contributed by atoms with van der Waals surface area (Å²) in [4.78, 5) is 8.48. The average molecular weight is 590 g/mol. The van der Waals surface area contributed by atoms with Gasteiger partial charge in [-0.2, -0.15) is 0 Å². The van der Waals surface area contributed by atoms with Crippen LogP contribution in [0.3, 0.4) is 0 Å². The fraction of sp³-hybridized carbons (Fsp3) is 0.406. The van der Waals surface area contributed by atoms with Crippen LogP contribution in [-0.4, -0.2) is 54.9 Å². The van der Waals surface area contributed by atoms with Gasteiger partial charge in [0.2, 0.25) is 10.0 Å². The molecule has 1 aromatic heterocycles. The van der Waals surface area contributed by atoms with E-state index in [-0.39, 0.29) is 26.3 Å². The van der Waals surface area contributed by atoms with Crippen molar-refractivity contribution in [3.8, 4) is 0 Å². The molecule has 0 bridgehead atoms. The summed E-state index contributed by atoms with van der Waals surface area (Å²) in [6, 6.07) is 19.3. The number of piperidine rings is 1. The molecule has 4 N–H and O–H groups in total. The summed E-state index contributed by atoms with van der Waals surface area (Å²) in [5.74, 6) is 1.62. The van der Waals surface area contributed by atoms with Gasteiger partial charge in [-0.15, -0.1) is 0 Å². The maximum Gasteiger partial charge on any atom is 0.212 e. The van der Waals surface area contributed by atoms with Crippen molar-refractivity contribution >= 4 is 38.9 Å². The van der Waals surface area contributed by atoms with Crippen molar-refractivity contribution in [3.63, 3.8) is 0 Å². The lowest BCUT2D eigenvalue weighted by Crippen LogP contribution is -2.45. The summed E-state index contributed by atoms with van der Waals surface area (Å²) in [5, 5.41) is 21.4. The van der Waals surface area contributed by atoms with E-state index in [0.29, 0.717) is 28.6 Å². The second-order valence-corrected chi connectivity index (χ2v) is 13.5. The third-order valence-corrected chi connectivity index (χ3v) is 10.3. The number of sulfonamides is 1. The molecule has 1 saturated heterocycles. The van der Waals surface area contributed by atoms with Crippen LogP contribution in [0, 0.1) is 16.7 Å². The highest BCUT2D eigenvalue weighted by molar-refractivity contribution is 7.89. The van der Waals surface area contributed by atoms with Crippen LogP contribution in [0.15, 0.2) is 66.9 Å². The molecule has 9 nitrogen and oxygen atoms in total. The Morgan fingerprint density at radius 3 is 2.48 bits per heavy atom. The molecule has 2 aliphatic heterocycles. The van der Waals surface area contributed by atoms with Crippen molar-refractivity contribution in [2.24, 2.45) is 5.92 Å². The van der Waals surface area contributed by atoms with E-state index in [0.717, 1.165) is 69.4 Å². The number of pyridine rings is 1. The number of benzene rings is 2. The van der Waals surface area contributed by atoms with E-state index in [1.54, 1.807) is 11.1 Å². The predicted octanol–water partition coefficient (Wildman–Crippen LogP) is 5.95. The molecule has 224 valence electrons. The van der Waals surface area contributed by atoms with Crippen molar-refractivity contribution in [1.29, 1.82) is 10.8 Å². The molecule has 1 saturated carbocycles. The Morgan fingerprint density at radius 1 is 0.976 bits per heavy atom. The Morgan fingerprint density at radius 2 is 1.71 bits per heavy atom. The predicted molar refractivity (Wildman–Crippen MR) is 173 cm³/mol. The zero-order chi connectivity index (χ0) is 29.1. The van der Waals surface area contributed by atoms with E-state index in [9.17, 15) is 8.42 Å². The molecule has 0 atom stereocenters. The van der Waals surface area contributed by atoms with Gasteiger partial charge in [0.1, 0.15) is 11.7 Å². The first kappa shape index (κ1) is 28.5. The van der Waals surface area contributed by atoms with E-state index < -0.39 is 10.0 Å². The van der Waals surface area contributed by atoms with Gasteiger partial charge < -0.3 is 5.32 Å². The first-order valence-electron chi connectivity index (χ1n) is 15.0. The van der Waals surface area contributed by atoms with Gasteiger partial charge in [0, 0.05) is 45.9 Å². The Labute approximate surface area is 251 Å². The summed E-state index contributed by atoms with van der Waals surface area (Å²) in [7, 11) is -3.24. The van der Waals surface area contributed by atoms with Crippen molar-refractivity contribution in [2.75, 3.05) is 29.1 Å². The molecule has 0 unspecified atom stereocenters. The van der Waals surface area contributed by atoms with Crippen LogP contribution in [0.5, 0.6) is 0 Å². The molecule has 3 aliphatic rings. The first-order chi connectivity index (χ1) is 20.4. The van der Waals surface area contributed by atoms with Gasteiger partial charge in [0.15, 0.2) is 5.82 Å². The highest BCUT2D eigenvalue weighted by Gasteiger charge is 2.29. The van der Waals surface area contributed by atoms with E-state index in [4.69, 9.17) is 10.8 Å². The van der Waals surface area contributed by atoms with Gasteiger partial charge in [-0.1, -0.05) is 55.7 Å². The number of hydrogen-bond acceptors (Lipinski definition) is 7. The number of amidine groups is 2. The summed E-state index contributed by atoms with van der Waals surface area (Å²) in [6.45, 7) is 2.46. The van der Waals surface area contributed by atoms with Crippen LogP contribution in [0.4, 0.5) is 17.2 Å². The molecular formula is C32H43N7O2S. The molecule has 6 rings (SSSR count). The van der Waals surface area contributed by atoms with Crippen LogP contribution >= 0.6 is 0 Å². The number of hydrogen-bond donors (Lipinski definition) is 4. The van der Waals surface area contributed by atoms with Crippen molar-refractivity contribution < 1.29 is 11.3 Å². The molecule has 0 amide bonds. The number of aromatic nitrogens is 1. The molecule has 2 aromatic carbocycles. The van der Waals surface area contributed by atoms with Gasteiger partial charge in [-0.3, -0.25) is 20.6 Å². The third kappa shape index (κ3) is 6.40. The second-order valence-electron chi connectivity index (χ2n) is 11.7. The number of likely N-dealkylation sites (tertiary alicyclic amines) is 1. The smallest absolute Gasteiger partial charge is 0.212 e. The molecule has 3 heterocycles. The summed E-state index contributed by atoms with van der Waals surface area (Å²) >= 11 is 0. The van der Waals surface area contributed by atoms with Crippen LogP contribution in [0.1, 0.15) is 64.5 Å². The maximum absolute atomic E-state index is 12.7. The fourth-order valence-electron chi connectivity index (χ4n) is 6.40. The lowest BCUT2D eigenvalue weighted by Gasteiger charge is -2.32. The molecule has 10 heteroatoms. The highest BCUT2D eigenvalue weighted by Crippen LogP contribution is 2.35. The van der Waals surface area contributed by atoms with Crippen LogP contribution in [-0.2, 0) is 16.6 Å². The number of para-hydroxylation sites is 1. The number of rotatable bonds is 7. The van der Waals surface area contributed by atoms with E-state index in [2.05, 4.69) is 19.9 Å². The Bertz CT molecular complexity index is 1550. The zero-order valence-corrected chi connectivity index (χ0v) is 24.7. The Balaban J connectivity index is 0.00000221.